The number of carbonyl (C=O) groups is 6. The average Bonchev–Trinajstić information content (AvgIpc) is 3.01. The van der Waals surface area contributed by atoms with Crippen LogP contribution in [0, 0.1) is 0 Å². The third kappa shape index (κ3) is 17.7. The van der Waals surface area contributed by atoms with Crippen molar-refractivity contribution in [2.24, 2.45) is 5.73 Å². The number of nitrogens with zero attached hydrogens (tertiary/aromatic N) is 4. The second-order valence-corrected chi connectivity index (χ2v) is 12.3. The van der Waals surface area contributed by atoms with E-state index < -0.39 is 41.9 Å². The number of rotatable bonds is 19. The maximum absolute atomic E-state index is 12.3. The SMILES string of the molecule is N[C@@H](CCCCNC(=O)CCc1ccc(CC2CN(CC(=O)O)CCN(CC(=O)O)CCN(CC(=O)O)CCN2CC(=O)O)cc1)C(=O)O. The molecule has 2 atom stereocenters. The molecule has 0 saturated carbocycles. The molecule has 1 heterocycles. The first-order valence-corrected chi connectivity index (χ1v) is 16.3. The third-order valence-corrected chi connectivity index (χ3v) is 8.28. The third-order valence-electron chi connectivity index (χ3n) is 8.28. The van der Waals surface area contributed by atoms with Gasteiger partial charge in [-0.2, -0.15) is 0 Å². The van der Waals surface area contributed by atoms with Crippen LogP contribution in [0.3, 0.4) is 0 Å². The van der Waals surface area contributed by atoms with Crippen LogP contribution in [0.5, 0.6) is 0 Å². The van der Waals surface area contributed by atoms with Gasteiger partial charge in [0.1, 0.15) is 6.04 Å². The standard InChI is InChI=1S/C32H50N6O11/c33-26(32(48)49)3-1-2-10-34-27(39)9-8-23-4-6-24(7-5-23)17-25-18-37(21-30(44)45)14-13-35(19-28(40)41)11-12-36(20-29(42)43)15-16-38(25)22-31(46)47/h4-7,25-26H,1-3,8-22,33H2,(H,34,39)(H,40,41)(H,42,43)(H,44,45)(H,46,47)(H,48,49)/t25?,26-/m0/s1. The molecule has 8 N–H and O–H groups in total. The minimum absolute atomic E-state index is 0.137. The Balaban J connectivity index is 2.15. The summed E-state index contributed by atoms with van der Waals surface area (Å²) >= 11 is 0. The van der Waals surface area contributed by atoms with Crippen molar-refractivity contribution in [2.45, 2.75) is 50.6 Å². The van der Waals surface area contributed by atoms with Crippen LogP contribution in [0.25, 0.3) is 0 Å². The quantitative estimate of drug-likeness (QED) is 0.0839. The Hall–Kier alpha value is -4.16. The molecule has 1 amide bonds. The van der Waals surface area contributed by atoms with E-state index in [1.165, 1.54) is 0 Å². The van der Waals surface area contributed by atoms with Crippen LogP contribution >= 0.6 is 0 Å². The van der Waals surface area contributed by atoms with Gasteiger partial charge < -0.3 is 36.6 Å². The first-order valence-electron chi connectivity index (χ1n) is 16.3. The number of hydrogen-bond donors (Lipinski definition) is 7. The molecule has 1 aromatic carbocycles. The van der Waals surface area contributed by atoms with Crippen molar-refractivity contribution >= 4 is 35.8 Å². The molecule has 0 aliphatic carbocycles. The van der Waals surface area contributed by atoms with E-state index in [1.54, 1.807) is 19.6 Å². The van der Waals surface area contributed by atoms with E-state index in [9.17, 15) is 49.2 Å². The second-order valence-electron chi connectivity index (χ2n) is 12.3. The fraction of sp³-hybridized carbons (Fsp3) is 0.625. The topological polar surface area (TPSA) is 255 Å². The van der Waals surface area contributed by atoms with Crippen LogP contribution in [-0.2, 0) is 41.6 Å². The van der Waals surface area contributed by atoms with Crippen LogP contribution in [0.1, 0.15) is 36.8 Å². The Bertz CT molecular complexity index is 1250. The molecule has 1 aliphatic rings. The molecular formula is C32H50N6O11. The lowest BCUT2D eigenvalue weighted by Crippen LogP contribution is -2.53. The summed E-state index contributed by atoms with van der Waals surface area (Å²) in [6.45, 7) is 0.568. The molecule has 49 heavy (non-hydrogen) atoms. The van der Waals surface area contributed by atoms with Gasteiger partial charge in [0, 0.05) is 64.8 Å². The fourth-order valence-corrected chi connectivity index (χ4v) is 5.66. The lowest BCUT2D eigenvalue weighted by molar-refractivity contribution is -0.142. The van der Waals surface area contributed by atoms with Crippen molar-refractivity contribution in [1.82, 2.24) is 24.9 Å². The van der Waals surface area contributed by atoms with Gasteiger partial charge in [-0.1, -0.05) is 24.3 Å². The normalized spacial score (nSPS) is 18.1. The Labute approximate surface area is 285 Å². The summed E-state index contributed by atoms with van der Waals surface area (Å²) in [6, 6.07) is 6.11. The lowest BCUT2D eigenvalue weighted by Gasteiger charge is -2.37. The summed E-state index contributed by atoms with van der Waals surface area (Å²) < 4.78 is 0. The van der Waals surface area contributed by atoms with Crippen molar-refractivity contribution < 1.29 is 54.3 Å². The van der Waals surface area contributed by atoms with Crippen molar-refractivity contribution in [3.05, 3.63) is 35.4 Å². The summed E-state index contributed by atoms with van der Waals surface area (Å²) in [6.07, 6.45) is 2.61. The first kappa shape index (κ1) is 41.0. The molecule has 1 fully saturated rings. The van der Waals surface area contributed by atoms with Crippen LogP contribution in [-0.4, -0.2) is 172 Å². The second kappa shape index (κ2) is 21.7. The van der Waals surface area contributed by atoms with E-state index in [0.29, 0.717) is 38.6 Å². The molecule has 2 rings (SSSR count). The lowest BCUT2D eigenvalue weighted by atomic mass is 10.0. The van der Waals surface area contributed by atoms with Crippen molar-refractivity contribution in [3.8, 4) is 0 Å². The molecule has 1 aliphatic heterocycles. The molecular weight excluding hydrogens is 644 g/mol. The van der Waals surface area contributed by atoms with Gasteiger partial charge in [-0.25, -0.2) is 0 Å². The van der Waals surface area contributed by atoms with Crippen LogP contribution in [0.15, 0.2) is 24.3 Å². The highest BCUT2D eigenvalue weighted by molar-refractivity contribution is 5.76. The zero-order valence-corrected chi connectivity index (χ0v) is 27.7. The van der Waals surface area contributed by atoms with Crippen LogP contribution in [0.4, 0.5) is 0 Å². The van der Waals surface area contributed by atoms with Crippen molar-refractivity contribution in [1.29, 1.82) is 0 Å². The zero-order valence-electron chi connectivity index (χ0n) is 27.7. The first-order chi connectivity index (χ1) is 23.2. The number of carbonyl (C=O) groups excluding carboxylic acids is 1. The Morgan fingerprint density at radius 3 is 1.71 bits per heavy atom. The number of aliphatic carboxylic acids is 5. The number of benzene rings is 1. The van der Waals surface area contributed by atoms with Crippen LogP contribution < -0.4 is 11.1 Å². The summed E-state index contributed by atoms with van der Waals surface area (Å²) in [5, 5.41) is 49.9. The Kier molecular flexibility index (Phi) is 18.2. The molecule has 17 heteroatoms. The Morgan fingerprint density at radius 1 is 0.694 bits per heavy atom. The van der Waals surface area contributed by atoms with Gasteiger partial charge >= 0.3 is 29.8 Å². The molecule has 274 valence electrons. The van der Waals surface area contributed by atoms with Gasteiger partial charge in [0.05, 0.1) is 26.2 Å². The number of nitrogens with two attached hydrogens (primary N) is 1. The van der Waals surface area contributed by atoms with E-state index in [0.717, 1.165) is 11.1 Å². The summed E-state index contributed by atoms with van der Waals surface area (Å²) in [4.78, 5) is 76.5. The highest BCUT2D eigenvalue weighted by Crippen LogP contribution is 2.15. The number of unbranched alkanes of at least 4 members (excludes halogenated alkanes) is 1. The number of carboxylic acid groups (broad SMARTS) is 5. The maximum Gasteiger partial charge on any atom is 0.320 e. The largest absolute Gasteiger partial charge is 0.480 e. The molecule has 1 unspecified atom stereocenters. The molecule has 0 aromatic heterocycles. The Morgan fingerprint density at radius 2 is 1.18 bits per heavy atom. The molecule has 17 nitrogen and oxygen atoms in total. The van der Waals surface area contributed by atoms with Gasteiger partial charge in [0.2, 0.25) is 5.91 Å². The van der Waals surface area contributed by atoms with Gasteiger partial charge in [-0.15, -0.1) is 0 Å². The highest BCUT2D eigenvalue weighted by Gasteiger charge is 2.27. The van der Waals surface area contributed by atoms with Crippen molar-refractivity contribution in [3.63, 3.8) is 0 Å². The number of nitrogens with one attached hydrogen (secondary N) is 1. The molecule has 0 bridgehead atoms. The fourth-order valence-electron chi connectivity index (χ4n) is 5.66. The van der Waals surface area contributed by atoms with Gasteiger partial charge in [0.15, 0.2) is 0 Å². The minimum Gasteiger partial charge on any atom is -0.480 e. The summed E-state index contributed by atoms with van der Waals surface area (Å²) in [7, 11) is 0. The number of amides is 1. The number of hydrogen-bond acceptors (Lipinski definition) is 11. The molecule has 1 aromatic rings. The van der Waals surface area contributed by atoms with E-state index in [1.807, 2.05) is 24.3 Å². The van der Waals surface area contributed by atoms with Gasteiger partial charge in [-0.3, -0.25) is 48.4 Å². The van der Waals surface area contributed by atoms with Crippen molar-refractivity contribution in [2.75, 3.05) is 78.5 Å². The zero-order chi connectivity index (χ0) is 36.3. The average molecular weight is 695 g/mol. The molecule has 0 radical (unpaired) electrons. The summed E-state index contributed by atoms with van der Waals surface area (Å²) in [5.41, 5.74) is 7.24. The van der Waals surface area contributed by atoms with E-state index in [4.69, 9.17) is 10.8 Å². The monoisotopic (exact) mass is 694 g/mol. The van der Waals surface area contributed by atoms with Crippen LogP contribution in [0.2, 0.25) is 0 Å². The highest BCUT2D eigenvalue weighted by atomic mass is 16.4. The molecule has 1 saturated heterocycles. The van der Waals surface area contributed by atoms with E-state index >= 15 is 0 Å². The molecule has 0 spiro atoms. The number of aryl methyl sites for hydroxylation is 1. The predicted octanol–water partition coefficient (Wildman–Crippen LogP) is -1.21. The van der Waals surface area contributed by atoms with Gasteiger partial charge in [-0.05, 0) is 43.2 Å². The number of carboxylic acids is 5. The van der Waals surface area contributed by atoms with E-state index in [-0.39, 0.29) is 84.3 Å². The minimum atomic E-state index is -1.09. The maximum atomic E-state index is 12.3. The summed E-state index contributed by atoms with van der Waals surface area (Å²) in [5.74, 6) is -5.49. The predicted molar refractivity (Wildman–Crippen MR) is 176 cm³/mol. The smallest absolute Gasteiger partial charge is 0.320 e. The van der Waals surface area contributed by atoms with Gasteiger partial charge in [0.25, 0.3) is 0 Å². The van der Waals surface area contributed by atoms with E-state index in [2.05, 4.69) is 5.32 Å².